The van der Waals surface area contributed by atoms with Gasteiger partial charge in [-0.05, 0) is 55.6 Å². The van der Waals surface area contributed by atoms with Gasteiger partial charge in [0.1, 0.15) is 30.7 Å². The third-order valence-electron chi connectivity index (χ3n) is 8.04. The maximum atomic E-state index is 12.7. The number of benzene rings is 1. The molecule has 1 aromatic carbocycles. The topological polar surface area (TPSA) is 141 Å². The molecular formula is C28H37N7O4. The van der Waals surface area contributed by atoms with E-state index in [1.807, 2.05) is 6.07 Å². The van der Waals surface area contributed by atoms with E-state index >= 15 is 0 Å². The highest BCUT2D eigenvalue weighted by Gasteiger charge is 2.53. The van der Waals surface area contributed by atoms with Crippen molar-refractivity contribution in [3.8, 4) is 0 Å². The van der Waals surface area contributed by atoms with Gasteiger partial charge < -0.3 is 25.9 Å². The maximum Gasteiger partial charge on any atom is 0.270 e. The van der Waals surface area contributed by atoms with Crippen LogP contribution in [0, 0.1) is 5.41 Å². The van der Waals surface area contributed by atoms with Gasteiger partial charge in [0.15, 0.2) is 0 Å². The van der Waals surface area contributed by atoms with Gasteiger partial charge in [0.2, 0.25) is 0 Å². The van der Waals surface area contributed by atoms with Crippen molar-refractivity contribution in [3.63, 3.8) is 0 Å². The van der Waals surface area contributed by atoms with E-state index in [0.29, 0.717) is 18.1 Å². The molecule has 4 N–H and O–H groups in total. The van der Waals surface area contributed by atoms with Gasteiger partial charge in [-0.1, -0.05) is 29.4 Å². The molecule has 2 heterocycles. The standard InChI is InChI=1S/C28H37N7O4/c1-18(34-39-2)26(37)33-22-12-28(13-22)10-21(11-28)32-25-9-24(30-17-31-25)27(38)29-14-23(36)16-35-8-7-19-5-3-4-6-20(19)15-35/h3-6,9,17,21-23,36H,7-8,10-16H2,1-2H3,(H,29,38)(H,33,37)(H,30,31,32)/t21?,22?,23-,28?/m0/s1. The van der Waals surface area contributed by atoms with Crippen molar-refractivity contribution >= 4 is 23.3 Å². The van der Waals surface area contributed by atoms with Crippen molar-refractivity contribution < 1.29 is 19.5 Å². The molecule has 11 nitrogen and oxygen atoms in total. The Morgan fingerprint density at radius 1 is 1.18 bits per heavy atom. The van der Waals surface area contributed by atoms with Crippen molar-refractivity contribution in [1.29, 1.82) is 0 Å². The predicted octanol–water partition coefficient (Wildman–Crippen LogP) is 1.49. The van der Waals surface area contributed by atoms with E-state index in [4.69, 9.17) is 0 Å². The van der Waals surface area contributed by atoms with Crippen LogP contribution in [-0.2, 0) is 22.6 Å². The number of nitrogens with one attached hydrogen (secondary N) is 3. The monoisotopic (exact) mass is 535 g/mol. The molecule has 1 spiro atoms. The second-order valence-corrected chi connectivity index (χ2v) is 11.1. The molecule has 0 saturated heterocycles. The fourth-order valence-corrected chi connectivity index (χ4v) is 6.12. The Kier molecular flexibility index (Phi) is 8.08. The SMILES string of the molecule is CON=C(C)C(=O)NC1CC2(C1)CC(Nc1cc(C(=O)NC[C@H](O)CN3CCc4ccccc4C3)ncn1)C2. The molecule has 2 amide bonds. The molecule has 3 aliphatic rings. The van der Waals surface area contributed by atoms with Crippen LogP contribution in [0.3, 0.4) is 0 Å². The Morgan fingerprint density at radius 2 is 1.92 bits per heavy atom. The minimum atomic E-state index is -0.669. The number of rotatable bonds is 10. The summed E-state index contributed by atoms with van der Waals surface area (Å²) in [4.78, 5) is 40.0. The van der Waals surface area contributed by atoms with Crippen molar-refractivity contribution in [3.05, 3.63) is 53.5 Å². The number of aromatic nitrogens is 2. The number of fused-ring (bicyclic) bond motifs is 1. The molecule has 2 saturated carbocycles. The summed E-state index contributed by atoms with van der Waals surface area (Å²) in [5, 5.41) is 23.4. The molecule has 1 aliphatic heterocycles. The summed E-state index contributed by atoms with van der Waals surface area (Å²) < 4.78 is 0. The van der Waals surface area contributed by atoms with Gasteiger partial charge in [-0.3, -0.25) is 14.5 Å². The van der Waals surface area contributed by atoms with Crippen molar-refractivity contribution in [2.24, 2.45) is 10.6 Å². The zero-order valence-electron chi connectivity index (χ0n) is 22.5. The van der Waals surface area contributed by atoms with Crippen molar-refractivity contribution in [1.82, 2.24) is 25.5 Å². The van der Waals surface area contributed by atoms with Crippen LogP contribution in [0.1, 0.15) is 54.2 Å². The van der Waals surface area contributed by atoms with E-state index in [0.717, 1.165) is 45.2 Å². The molecule has 1 atom stereocenters. The Labute approximate surface area is 228 Å². The highest BCUT2D eigenvalue weighted by Crippen LogP contribution is 2.56. The lowest BCUT2D eigenvalue weighted by Gasteiger charge is -2.57. The summed E-state index contributed by atoms with van der Waals surface area (Å²) in [6, 6.07) is 10.5. The van der Waals surface area contributed by atoms with Crippen LogP contribution in [0.15, 0.2) is 41.8 Å². The highest BCUT2D eigenvalue weighted by molar-refractivity contribution is 6.37. The number of nitrogens with zero attached hydrogens (tertiary/aromatic N) is 4. The first-order valence-corrected chi connectivity index (χ1v) is 13.5. The molecule has 208 valence electrons. The van der Waals surface area contributed by atoms with Crippen LogP contribution in [-0.4, -0.2) is 82.4 Å². The van der Waals surface area contributed by atoms with Crippen molar-refractivity contribution in [2.75, 3.05) is 32.1 Å². The minimum absolute atomic E-state index is 0.156. The van der Waals surface area contributed by atoms with Gasteiger partial charge in [0, 0.05) is 44.3 Å². The van der Waals surface area contributed by atoms with Gasteiger partial charge in [-0.15, -0.1) is 0 Å². The van der Waals surface area contributed by atoms with Crippen LogP contribution in [0.5, 0.6) is 0 Å². The van der Waals surface area contributed by atoms with Crippen molar-refractivity contribution in [2.45, 2.75) is 63.8 Å². The summed E-state index contributed by atoms with van der Waals surface area (Å²) in [5.74, 6) is 0.0823. The molecule has 11 heteroatoms. The van der Waals surface area contributed by atoms with Crippen LogP contribution in [0.2, 0.25) is 0 Å². The van der Waals surface area contributed by atoms with Gasteiger partial charge >= 0.3 is 0 Å². The maximum absolute atomic E-state index is 12.7. The molecule has 2 fully saturated rings. The van der Waals surface area contributed by atoms with Crippen LogP contribution < -0.4 is 16.0 Å². The zero-order valence-corrected chi connectivity index (χ0v) is 22.5. The van der Waals surface area contributed by atoms with Crippen LogP contribution in [0.4, 0.5) is 5.82 Å². The first-order valence-electron chi connectivity index (χ1n) is 13.5. The number of anilines is 1. The Balaban J connectivity index is 1.02. The number of β-amino-alcohol motifs (C(OH)–C–C–N with tert-alkyl or cyclic N) is 1. The second kappa shape index (κ2) is 11.7. The van der Waals surface area contributed by atoms with Gasteiger partial charge in [-0.25, -0.2) is 9.97 Å². The van der Waals surface area contributed by atoms with Crippen LogP contribution >= 0.6 is 0 Å². The number of hydrogen-bond donors (Lipinski definition) is 4. The lowest BCUT2D eigenvalue weighted by Crippen LogP contribution is -2.59. The highest BCUT2D eigenvalue weighted by atomic mass is 16.6. The van der Waals surface area contributed by atoms with E-state index in [1.54, 1.807) is 13.0 Å². The van der Waals surface area contributed by atoms with E-state index in [-0.39, 0.29) is 41.6 Å². The Bertz CT molecular complexity index is 1220. The largest absolute Gasteiger partial charge is 0.399 e. The molecule has 1 aromatic heterocycles. The Hall–Kier alpha value is -3.57. The fourth-order valence-electron chi connectivity index (χ4n) is 6.12. The molecule has 0 radical (unpaired) electrons. The van der Waals surface area contributed by atoms with E-state index in [1.165, 1.54) is 24.6 Å². The smallest absolute Gasteiger partial charge is 0.270 e. The van der Waals surface area contributed by atoms with E-state index in [9.17, 15) is 14.7 Å². The summed E-state index contributed by atoms with van der Waals surface area (Å²) in [6.07, 6.45) is 5.55. The van der Waals surface area contributed by atoms with E-state index in [2.05, 4.69) is 59.0 Å². The van der Waals surface area contributed by atoms with Gasteiger partial charge in [0.25, 0.3) is 11.8 Å². The molecule has 2 aliphatic carbocycles. The molecule has 5 rings (SSSR count). The number of aliphatic hydroxyl groups excluding tert-OH is 1. The normalized spacial score (nSPS) is 25.1. The summed E-state index contributed by atoms with van der Waals surface area (Å²) in [7, 11) is 1.42. The van der Waals surface area contributed by atoms with E-state index < -0.39 is 6.10 Å². The lowest BCUT2D eigenvalue weighted by molar-refractivity contribution is -0.118. The van der Waals surface area contributed by atoms with Gasteiger partial charge in [0.05, 0.1) is 6.10 Å². The zero-order chi connectivity index (χ0) is 27.4. The average molecular weight is 536 g/mol. The molecule has 0 unspecified atom stereocenters. The lowest BCUT2D eigenvalue weighted by atomic mass is 9.52. The third kappa shape index (κ3) is 6.54. The quantitative estimate of drug-likeness (QED) is 0.265. The summed E-state index contributed by atoms with van der Waals surface area (Å²) in [6.45, 7) is 3.99. The molecule has 39 heavy (non-hydrogen) atoms. The van der Waals surface area contributed by atoms with Crippen LogP contribution in [0.25, 0.3) is 0 Å². The number of amides is 2. The number of carbonyl (C=O) groups is 2. The summed E-state index contributed by atoms with van der Waals surface area (Å²) in [5.41, 5.74) is 3.50. The number of oxime groups is 1. The minimum Gasteiger partial charge on any atom is -0.399 e. The second-order valence-electron chi connectivity index (χ2n) is 11.1. The fraction of sp³-hybridized carbons (Fsp3) is 0.536. The van der Waals surface area contributed by atoms with Gasteiger partial charge in [-0.2, -0.15) is 0 Å². The first-order chi connectivity index (χ1) is 18.8. The predicted molar refractivity (Wildman–Crippen MR) is 146 cm³/mol. The average Bonchev–Trinajstić information content (AvgIpc) is 2.89. The number of carbonyl (C=O) groups excluding carboxylic acids is 2. The number of hydrogen-bond acceptors (Lipinski definition) is 9. The molecular weight excluding hydrogens is 498 g/mol. The first kappa shape index (κ1) is 27.0. The third-order valence-corrected chi connectivity index (χ3v) is 8.04. The molecule has 0 bridgehead atoms. The molecule has 2 aromatic rings. The summed E-state index contributed by atoms with van der Waals surface area (Å²) >= 11 is 0. The number of aliphatic hydroxyl groups is 1. The Morgan fingerprint density at radius 3 is 2.69 bits per heavy atom.